The van der Waals surface area contributed by atoms with Crippen molar-refractivity contribution in [2.45, 2.75) is 0 Å². The number of nitrogens with zero attached hydrogens (tertiary/aromatic N) is 4. The third kappa shape index (κ3) is 3.49. The zero-order valence-corrected chi connectivity index (χ0v) is 26.3. The predicted molar refractivity (Wildman–Crippen MR) is 202 cm³/mol. The Labute approximate surface area is 283 Å². The number of para-hydroxylation sites is 2. The number of benzene rings is 7. The highest BCUT2D eigenvalue weighted by molar-refractivity contribution is 6.22. The van der Waals surface area contributed by atoms with Gasteiger partial charge in [-0.1, -0.05) is 54.6 Å². The van der Waals surface area contributed by atoms with E-state index in [1.165, 1.54) is 0 Å². The molecule has 4 heterocycles. The summed E-state index contributed by atoms with van der Waals surface area (Å²) < 4.78 is 17.5. The molecule has 0 N–H and O–H groups in total. The lowest BCUT2D eigenvalue weighted by atomic mass is 10.1. The summed E-state index contributed by atoms with van der Waals surface area (Å²) in [5, 5.41) is 8.33. The van der Waals surface area contributed by atoms with Gasteiger partial charge >= 0.3 is 0 Å². The molecule has 0 radical (unpaired) electrons. The van der Waals surface area contributed by atoms with E-state index in [0.29, 0.717) is 11.4 Å². The van der Waals surface area contributed by atoms with Crippen LogP contribution < -0.4 is 0 Å². The van der Waals surface area contributed by atoms with Gasteiger partial charge in [0.15, 0.2) is 17.0 Å². The lowest BCUT2D eigenvalue weighted by Gasteiger charge is -2.09. The van der Waals surface area contributed by atoms with E-state index in [0.717, 1.165) is 98.9 Å². The van der Waals surface area contributed by atoms with E-state index >= 15 is 0 Å². The fourth-order valence-electron chi connectivity index (χ4n) is 7.95. The van der Waals surface area contributed by atoms with Gasteiger partial charge in [0.05, 0.1) is 35.2 Å². The van der Waals surface area contributed by atoms with Gasteiger partial charge in [-0.15, -0.1) is 0 Å². The Morgan fingerprint density at radius 1 is 0.400 bits per heavy atom. The molecule has 0 fully saturated rings. The second-order valence-corrected chi connectivity index (χ2v) is 12.7. The summed E-state index contributed by atoms with van der Waals surface area (Å²) in [5.74, 6) is 0. The first-order valence-electron chi connectivity index (χ1n) is 16.3. The Morgan fingerprint density at radius 3 is 1.68 bits per heavy atom. The van der Waals surface area contributed by atoms with Gasteiger partial charge in [-0.2, -0.15) is 0 Å². The van der Waals surface area contributed by atoms with Crippen molar-refractivity contribution in [2.24, 2.45) is 0 Å². The zero-order chi connectivity index (χ0) is 33.1. The minimum Gasteiger partial charge on any atom is -0.456 e. The summed E-state index contributed by atoms with van der Waals surface area (Å²) in [6, 6.07) is 45.2. The Bertz CT molecular complexity index is 3360. The number of fused-ring (bicyclic) bond motifs is 13. The van der Waals surface area contributed by atoms with Crippen molar-refractivity contribution >= 4 is 98.9 Å². The summed E-state index contributed by atoms with van der Waals surface area (Å²) in [7, 11) is 0. The molecule has 6 heteroatoms. The highest BCUT2D eigenvalue weighted by Crippen LogP contribution is 2.43. The van der Waals surface area contributed by atoms with Crippen molar-refractivity contribution in [3.8, 4) is 11.4 Å². The van der Waals surface area contributed by atoms with Crippen molar-refractivity contribution in [1.82, 2.24) is 9.13 Å². The average Bonchev–Trinajstić information content (AvgIpc) is 3.91. The van der Waals surface area contributed by atoms with Gasteiger partial charge in [0.1, 0.15) is 16.7 Å². The molecule has 0 aliphatic carbocycles. The zero-order valence-electron chi connectivity index (χ0n) is 26.3. The summed E-state index contributed by atoms with van der Waals surface area (Å²) in [6.45, 7) is 15.3. The van der Waals surface area contributed by atoms with Crippen LogP contribution in [0.5, 0.6) is 0 Å². The molecule has 0 spiro atoms. The number of hydrogen-bond donors (Lipinski definition) is 0. The first-order valence-corrected chi connectivity index (χ1v) is 16.3. The van der Waals surface area contributed by atoms with Crippen molar-refractivity contribution in [1.29, 1.82) is 0 Å². The largest absolute Gasteiger partial charge is 0.456 e. The van der Waals surface area contributed by atoms with Crippen molar-refractivity contribution in [2.75, 3.05) is 0 Å². The fourth-order valence-corrected chi connectivity index (χ4v) is 7.95. The van der Waals surface area contributed by atoms with Crippen LogP contribution in [0.15, 0.2) is 142 Å². The van der Waals surface area contributed by atoms with Gasteiger partial charge in [0, 0.05) is 43.7 Å². The van der Waals surface area contributed by atoms with Crippen LogP contribution in [-0.2, 0) is 0 Å². The SMILES string of the molecule is [C-]#[N+]c1ccc2c(c1)c1ccccc1n2-c1ccc2oc3ccc(-n4c5ccc([N+]#[C-])cc5c5ccc6c7ccccc7oc6c54)cc3c2c1. The van der Waals surface area contributed by atoms with Crippen LogP contribution in [0.2, 0.25) is 0 Å². The second kappa shape index (κ2) is 9.64. The van der Waals surface area contributed by atoms with E-state index in [2.05, 4.69) is 79.5 Å². The molecule has 0 amide bonds. The molecule has 11 rings (SSSR count). The maximum absolute atomic E-state index is 7.70. The molecule has 230 valence electrons. The van der Waals surface area contributed by atoms with E-state index in [9.17, 15) is 0 Å². The van der Waals surface area contributed by atoms with E-state index < -0.39 is 0 Å². The number of furan rings is 2. The lowest BCUT2D eigenvalue weighted by molar-refractivity contribution is 0.669. The van der Waals surface area contributed by atoms with Gasteiger partial charge < -0.3 is 18.0 Å². The third-order valence-corrected chi connectivity index (χ3v) is 10.1. The number of hydrogen-bond acceptors (Lipinski definition) is 2. The maximum atomic E-state index is 7.70. The Morgan fingerprint density at radius 2 is 0.960 bits per heavy atom. The standard InChI is InChI=1S/C44H22N4O2/c1-45-25-11-17-38-33(21-25)29-7-3-5-9-37(29)47(38)27-13-19-41-35(23-27)36-24-28(14-20-42(36)49-41)48-39-18-12-26(46-2)22-34(39)31-15-16-32-30-8-4-6-10-40(30)50-44(32)43(31)48/h3-24H. The van der Waals surface area contributed by atoms with Gasteiger partial charge in [-0.25, -0.2) is 9.69 Å². The Hall–Kier alpha value is -7.28. The molecule has 6 nitrogen and oxygen atoms in total. The molecular weight excluding hydrogens is 617 g/mol. The average molecular weight is 639 g/mol. The van der Waals surface area contributed by atoms with Gasteiger partial charge in [0.25, 0.3) is 0 Å². The molecule has 0 bridgehead atoms. The normalized spacial score (nSPS) is 12.0. The van der Waals surface area contributed by atoms with Crippen LogP contribution in [-0.4, -0.2) is 9.13 Å². The fraction of sp³-hybridized carbons (Fsp3) is 0. The van der Waals surface area contributed by atoms with Crippen LogP contribution in [0.3, 0.4) is 0 Å². The molecule has 4 aromatic heterocycles. The minimum absolute atomic E-state index is 0.598. The van der Waals surface area contributed by atoms with Crippen molar-refractivity contribution in [3.63, 3.8) is 0 Å². The van der Waals surface area contributed by atoms with Gasteiger partial charge in [-0.3, -0.25) is 0 Å². The molecule has 0 saturated heterocycles. The number of rotatable bonds is 2. The van der Waals surface area contributed by atoms with E-state index in [1.54, 1.807) is 0 Å². The molecule has 0 saturated carbocycles. The molecule has 50 heavy (non-hydrogen) atoms. The van der Waals surface area contributed by atoms with E-state index in [-0.39, 0.29) is 0 Å². The minimum atomic E-state index is 0.598. The van der Waals surface area contributed by atoms with Crippen LogP contribution in [0.4, 0.5) is 11.4 Å². The topological polar surface area (TPSA) is 44.9 Å². The number of aromatic nitrogens is 2. The highest BCUT2D eigenvalue weighted by Gasteiger charge is 2.21. The first-order chi connectivity index (χ1) is 24.7. The van der Waals surface area contributed by atoms with Gasteiger partial charge in [-0.05, 0) is 89.6 Å². The van der Waals surface area contributed by atoms with E-state index in [1.807, 2.05) is 72.8 Å². The van der Waals surface area contributed by atoms with Crippen LogP contribution in [0.1, 0.15) is 0 Å². The maximum Gasteiger partial charge on any atom is 0.188 e. The smallest absolute Gasteiger partial charge is 0.188 e. The van der Waals surface area contributed by atoms with Crippen LogP contribution in [0.25, 0.3) is 109 Å². The molecule has 11 aromatic rings. The van der Waals surface area contributed by atoms with Crippen molar-refractivity contribution < 1.29 is 8.83 Å². The highest BCUT2D eigenvalue weighted by atomic mass is 16.3. The van der Waals surface area contributed by atoms with Gasteiger partial charge in [0.2, 0.25) is 0 Å². The monoisotopic (exact) mass is 638 g/mol. The van der Waals surface area contributed by atoms with E-state index in [4.69, 9.17) is 22.0 Å². The summed E-state index contributed by atoms with van der Waals surface area (Å²) in [6.07, 6.45) is 0. The second-order valence-electron chi connectivity index (χ2n) is 12.7. The third-order valence-electron chi connectivity index (χ3n) is 10.1. The predicted octanol–water partition coefficient (Wildman–Crippen LogP) is 12.8. The molecule has 0 unspecified atom stereocenters. The summed E-state index contributed by atoms with van der Waals surface area (Å²) in [5.41, 5.74) is 10.6. The Balaban J connectivity index is 1.20. The molecule has 7 aromatic carbocycles. The van der Waals surface area contributed by atoms with Crippen molar-refractivity contribution in [3.05, 3.63) is 156 Å². The van der Waals surface area contributed by atoms with Crippen LogP contribution in [0, 0.1) is 13.1 Å². The lowest BCUT2D eigenvalue weighted by Crippen LogP contribution is -1.94. The Kier molecular flexibility index (Phi) is 5.16. The molecule has 0 aliphatic rings. The molecule has 0 aliphatic heterocycles. The molecular formula is C44H22N4O2. The first kappa shape index (κ1) is 26.8. The summed E-state index contributed by atoms with van der Waals surface area (Å²) in [4.78, 5) is 7.43. The van der Waals surface area contributed by atoms with Crippen LogP contribution >= 0.6 is 0 Å². The molecule has 0 atom stereocenters. The summed E-state index contributed by atoms with van der Waals surface area (Å²) >= 11 is 0. The quantitative estimate of drug-likeness (QED) is 0.177.